The van der Waals surface area contributed by atoms with Crippen LogP contribution < -0.4 is 15.1 Å². The summed E-state index contributed by atoms with van der Waals surface area (Å²) in [6.45, 7) is 5.10. The van der Waals surface area contributed by atoms with Gasteiger partial charge in [0, 0.05) is 36.4 Å². The number of aryl methyl sites for hydroxylation is 1. The standard InChI is InChI=1S/C19H16F2N2O4.C4H10.CH2F2/c20-19(21)8-23(9-19)15-5-12-10(11-2-4-27-17(11)15)1-3-22-7-13(18(25)26)16(24)6-14(12)22;1-4(2)3;2-1-3/h5-7H,1-4,8-9H2,(H,25,26);4H,1-3H3;1H2. The number of halogens is 4. The van der Waals surface area contributed by atoms with Gasteiger partial charge in [-0.2, -0.15) is 0 Å². The van der Waals surface area contributed by atoms with Crippen molar-refractivity contribution in [3.8, 4) is 17.0 Å². The summed E-state index contributed by atoms with van der Waals surface area (Å²) in [7, 11) is 0. The lowest BCUT2D eigenvalue weighted by atomic mass is 9.89. The lowest BCUT2D eigenvalue weighted by molar-refractivity contribution is -0.0264. The minimum Gasteiger partial charge on any atom is -0.491 e. The molecule has 3 aliphatic heterocycles. The molecule has 0 saturated carbocycles. The van der Waals surface area contributed by atoms with Crippen molar-refractivity contribution in [2.45, 2.75) is 46.1 Å². The van der Waals surface area contributed by atoms with Crippen LogP contribution in [0, 0.1) is 5.92 Å². The van der Waals surface area contributed by atoms with Gasteiger partial charge < -0.3 is 19.3 Å². The number of anilines is 1. The van der Waals surface area contributed by atoms with Crippen LogP contribution in [0.25, 0.3) is 11.3 Å². The van der Waals surface area contributed by atoms with Crippen LogP contribution >= 0.6 is 0 Å². The van der Waals surface area contributed by atoms with Gasteiger partial charge in [-0.15, -0.1) is 0 Å². The number of aromatic carboxylic acids is 1. The number of ether oxygens (including phenoxy) is 1. The van der Waals surface area contributed by atoms with Gasteiger partial charge in [-0.25, -0.2) is 22.4 Å². The van der Waals surface area contributed by atoms with E-state index in [1.807, 2.05) is 0 Å². The number of nitrogens with zero attached hydrogens (tertiary/aromatic N) is 2. The Labute approximate surface area is 194 Å². The number of alkyl halides is 4. The van der Waals surface area contributed by atoms with Crippen molar-refractivity contribution in [3.05, 3.63) is 45.2 Å². The maximum atomic E-state index is 13.4. The Morgan fingerprint density at radius 2 is 1.76 bits per heavy atom. The van der Waals surface area contributed by atoms with Crippen molar-refractivity contribution in [1.29, 1.82) is 0 Å². The lowest BCUT2D eigenvalue weighted by Gasteiger charge is -2.41. The van der Waals surface area contributed by atoms with Crippen molar-refractivity contribution in [2.75, 3.05) is 31.5 Å². The summed E-state index contributed by atoms with van der Waals surface area (Å²) in [5, 5.41) is 9.19. The molecule has 0 bridgehead atoms. The molecule has 0 aliphatic carbocycles. The Hall–Kier alpha value is -3.04. The fourth-order valence-corrected chi connectivity index (χ4v) is 4.24. The number of benzene rings is 1. The summed E-state index contributed by atoms with van der Waals surface area (Å²) in [5.74, 6) is -2.46. The monoisotopic (exact) mass is 484 g/mol. The van der Waals surface area contributed by atoms with Crippen molar-refractivity contribution < 1.29 is 32.2 Å². The normalized spacial score (nSPS) is 16.5. The fourth-order valence-electron chi connectivity index (χ4n) is 4.24. The van der Waals surface area contributed by atoms with Gasteiger partial charge in [0.2, 0.25) is 6.93 Å². The second-order valence-corrected chi connectivity index (χ2v) is 9.06. The zero-order valence-corrected chi connectivity index (χ0v) is 19.3. The topological polar surface area (TPSA) is 71.8 Å². The average molecular weight is 484 g/mol. The van der Waals surface area contributed by atoms with Crippen LogP contribution in [0.3, 0.4) is 0 Å². The van der Waals surface area contributed by atoms with E-state index >= 15 is 0 Å². The highest BCUT2D eigenvalue weighted by molar-refractivity contribution is 5.88. The Bertz CT molecular complexity index is 1120. The van der Waals surface area contributed by atoms with Crippen LogP contribution in [0.5, 0.6) is 5.75 Å². The predicted molar refractivity (Wildman–Crippen MR) is 121 cm³/mol. The first-order valence-electron chi connectivity index (χ1n) is 11.0. The van der Waals surface area contributed by atoms with E-state index in [2.05, 4.69) is 20.8 Å². The quantitative estimate of drug-likeness (QED) is 0.626. The van der Waals surface area contributed by atoms with Crippen LogP contribution in [-0.2, 0) is 19.4 Å². The van der Waals surface area contributed by atoms with Crippen molar-refractivity contribution >= 4 is 11.7 Å². The second kappa shape index (κ2) is 10.1. The maximum absolute atomic E-state index is 13.4. The number of pyridine rings is 1. The Balaban J connectivity index is 0.000000413. The largest absolute Gasteiger partial charge is 0.491 e. The number of carboxylic acids is 1. The molecule has 34 heavy (non-hydrogen) atoms. The molecule has 1 aromatic carbocycles. The number of hydrogen-bond donors (Lipinski definition) is 1. The molecular weight excluding hydrogens is 456 g/mol. The smallest absolute Gasteiger partial charge is 0.341 e. The van der Waals surface area contributed by atoms with E-state index in [9.17, 15) is 32.3 Å². The second-order valence-electron chi connectivity index (χ2n) is 9.06. The maximum Gasteiger partial charge on any atom is 0.341 e. The third-order valence-corrected chi connectivity index (χ3v) is 5.50. The van der Waals surface area contributed by atoms with Gasteiger partial charge in [-0.05, 0) is 24.0 Å². The first-order valence-corrected chi connectivity index (χ1v) is 11.0. The van der Waals surface area contributed by atoms with Gasteiger partial charge >= 0.3 is 5.97 Å². The van der Waals surface area contributed by atoms with E-state index in [0.29, 0.717) is 43.1 Å². The molecule has 5 rings (SSSR count). The molecule has 0 amide bonds. The molecule has 0 unspecified atom stereocenters. The molecule has 2 aromatic rings. The van der Waals surface area contributed by atoms with Crippen LogP contribution in [0.1, 0.15) is 42.3 Å². The SMILES string of the molecule is CC(C)C.FCF.O=C(O)c1cn2c(cc1=O)-c1cc(N3CC(F)(F)C3)c3c(c1CC2)CCO3. The van der Waals surface area contributed by atoms with Crippen LogP contribution in [0.15, 0.2) is 23.1 Å². The summed E-state index contributed by atoms with van der Waals surface area (Å²) in [4.78, 5) is 25.1. The van der Waals surface area contributed by atoms with E-state index < -0.39 is 24.2 Å². The fraction of sp³-hybridized carbons (Fsp3) is 0.500. The number of carbonyl (C=O) groups is 1. The summed E-state index contributed by atoms with van der Waals surface area (Å²) in [6, 6.07) is 3.14. The number of hydrogen-bond acceptors (Lipinski definition) is 4. The van der Waals surface area contributed by atoms with E-state index in [1.165, 1.54) is 12.3 Å². The zero-order valence-electron chi connectivity index (χ0n) is 19.3. The molecule has 0 atom stereocenters. The third-order valence-electron chi connectivity index (χ3n) is 5.50. The van der Waals surface area contributed by atoms with Gasteiger partial charge in [0.15, 0.2) is 5.43 Å². The van der Waals surface area contributed by atoms with E-state index in [-0.39, 0.29) is 18.7 Å². The average Bonchev–Trinajstić information content (AvgIpc) is 3.21. The number of aromatic nitrogens is 1. The van der Waals surface area contributed by atoms with Gasteiger partial charge in [0.1, 0.15) is 11.3 Å². The van der Waals surface area contributed by atoms with Crippen molar-refractivity contribution in [2.24, 2.45) is 5.92 Å². The summed E-state index contributed by atoms with van der Waals surface area (Å²) >= 11 is 0. The van der Waals surface area contributed by atoms with E-state index in [0.717, 1.165) is 22.6 Å². The molecule has 10 heteroatoms. The van der Waals surface area contributed by atoms with E-state index in [1.54, 1.807) is 15.5 Å². The molecule has 3 aliphatic rings. The third kappa shape index (κ3) is 5.20. The first-order chi connectivity index (χ1) is 16.0. The summed E-state index contributed by atoms with van der Waals surface area (Å²) < 4.78 is 53.5. The molecule has 6 nitrogen and oxygen atoms in total. The van der Waals surface area contributed by atoms with Crippen LogP contribution in [0.4, 0.5) is 23.2 Å². The Kier molecular flexibility index (Phi) is 7.57. The van der Waals surface area contributed by atoms with Crippen LogP contribution in [-0.4, -0.2) is 48.2 Å². The molecule has 0 spiro atoms. The number of carboxylic acid groups (broad SMARTS) is 1. The van der Waals surface area contributed by atoms with Gasteiger partial charge in [-0.3, -0.25) is 4.79 Å². The summed E-state index contributed by atoms with van der Waals surface area (Å²) in [5.41, 5.74) is 3.28. The summed E-state index contributed by atoms with van der Waals surface area (Å²) in [6.07, 6.45) is 2.74. The van der Waals surface area contributed by atoms with Crippen LogP contribution in [0.2, 0.25) is 0 Å². The number of rotatable bonds is 2. The highest BCUT2D eigenvalue weighted by Crippen LogP contribution is 2.47. The molecular formula is C24H28F4N2O4. The van der Waals surface area contributed by atoms with Crippen molar-refractivity contribution in [3.63, 3.8) is 0 Å². The Morgan fingerprint density at radius 3 is 2.32 bits per heavy atom. The molecule has 1 aromatic heterocycles. The minimum absolute atomic E-state index is 0.269. The molecule has 1 fully saturated rings. The molecule has 1 N–H and O–H groups in total. The van der Waals surface area contributed by atoms with Crippen molar-refractivity contribution in [1.82, 2.24) is 4.57 Å². The highest BCUT2D eigenvalue weighted by Gasteiger charge is 2.46. The van der Waals surface area contributed by atoms with Gasteiger partial charge in [0.05, 0.1) is 31.1 Å². The molecule has 4 heterocycles. The minimum atomic E-state index is -2.70. The van der Waals surface area contributed by atoms with Gasteiger partial charge in [-0.1, -0.05) is 20.8 Å². The molecule has 1 saturated heterocycles. The first kappa shape index (κ1) is 25.6. The predicted octanol–water partition coefficient (Wildman–Crippen LogP) is 4.71. The van der Waals surface area contributed by atoms with E-state index in [4.69, 9.17) is 4.74 Å². The molecule has 186 valence electrons. The van der Waals surface area contributed by atoms with Gasteiger partial charge in [0.25, 0.3) is 5.92 Å². The Morgan fingerprint density at radius 1 is 1.15 bits per heavy atom. The zero-order chi connectivity index (χ0) is 25.2. The number of fused-ring (bicyclic) bond motifs is 5. The molecule has 0 radical (unpaired) electrons. The highest BCUT2D eigenvalue weighted by atomic mass is 19.3. The lowest BCUT2D eigenvalue weighted by Crippen LogP contribution is -2.56.